The van der Waals surface area contributed by atoms with Crippen LogP contribution in [0.3, 0.4) is 0 Å². The van der Waals surface area contributed by atoms with Gasteiger partial charge in [0.2, 0.25) is 11.8 Å². The van der Waals surface area contributed by atoms with Gasteiger partial charge in [0.25, 0.3) is 0 Å². The molecule has 0 radical (unpaired) electrons. The monoisotopic (exact) mass is 250 g/mol. The molecule has 1 saturated carbocycles. The fraction of sp³-hybridized carbons (Fsp3) is 0.500. The molecule has 98 valence electrons. The number of hydrogen-bond donors (Lipinski definition) is 3. The summed E-state index contributed by atoms with van der Waals surface area (Å²) in [4.78, 5) is 15.6. The van der Waals surface area contributed by atoms with Crippen molar-refractivity contribution < 1.29 is 9.53 Å². The molecule has 0 saturated heterocycles. The zero-order valence-electron chi connectivity index (χ0n) is 10.4. The molecule has 4 N–H and O–H groups in total. The maximum atomic E-state index is 11.4. The van der Waals surface area contributed by atoms with E-state index in [1.807, 2.05) is 0 Å². The summed E-state index contributed by atoms with van der Waals surface area (Å²) in [5.41, 5.74) is 6.15. The Bertz CT molecular complexity index is 432. The summed E-state index contributed by atoms with van der Waals surface area (Å²) in [6.07, 6.45) is 2.65. The lowest BCUT2D eigenvalue weighted by Crippen LogP contribution is -2.27. The van der Waals surface area contributed by atoms with E-state index in [9.17, 15) is 4.79 Å². The van der Waals surface area contributed by atoms with Crippen LogP contribution in [0, 0.1) is 0 Å². The van der Waals surface area contributed by atoms with Crippen molar-refractivity contribution in [3.05, 3.63) is 12.1 Å². The molecule has 0 aromatic carbocycles. The van der Waals surface area contributed by atoms with Crippen molar-refractivity contribution in [3.63, 3.8) is 0 Å². The molecule has 6 heteroatoms. The summed E-state index contributed by atoms with van der Waals surface area (Å²) in [5, 5.41) is 5.99. The number of rotatable bonds is 6. The van der Waals surface area contributed by atoms with Crippen molar-refractivity contribution in [2.24, 2.45) is 0 Å². The first kappa shape index (κ1) is 12.5. The highest BCUT2D eigenvalue weighted by atomic mass is 16.5. The van der Waals surface area contributed by atoms with Crippen LogP contribution in [0.5, 0.6) is 5.88 Å². The Morgan fingerprint density at radius 1 is 1.56 bits per heavy atom. The maximum absolute atomic E-state index is 11.4. The van der Waals surface area contributed by atoms with Gasteiger partial charge in [-0.05, 0) is 25.0 Å². The quantitative estimate of drug-likeness (QED) is 0.693. The molecule has 1 amide bonds. The second-order valence-electron chi connectivity index (χ2n) is 4.31. The predicted molar refractivity (Wildman–Crippen MR) is 69.5 cm³/mol. The van der Waals surface area contributed by atoms with E-state index in [2.05, 4.69) is 15.6 Å². The van der Waals surface area contributed by atoms with Gasteiger partial charge in [0.05, 0.1) is 12.8 Å². The molecular weight excluding hydrogens is 232 g/mol. The molecule has 0 bridgehead atoms. The highest BCUT2D eigenvalue weighted by molar-refractivity contribution is 5.77. The lowest BCUT2D eigenvalue weighted by atomic mass is 10.3. The maximum Gasteiger partial charge on any atom is 0.238 e. The Morgan fingerprint density at radius 3 is 3.00 bits per heavy atom. The lowest BCUT2D eigenvalue weighted by Gasteiger charge is -2.08. The van der Waals surface area contributed by atoms with Gasteiger partial charge < -0.3 is 21.1 Å². The highest BCUT2D eigenvalue weighted by Crippen LogP contribution is 2.20. The van der Waals surface area contributed by atoms with Crippen LogP contribution in [0.15, 0.2) is 12.1 Å². The van der Waals surface area contributed by atoms with E-state index in [1.54, 1.807) is 12.1 Å². The van der Waals surface area contributed by atoms with Crippen LogP contribution in [0.4, 0.5) is 11.5 Å². The van der Waals surface area contributed by atoms with Crippen molar-refractivity contribution in [2.45, 2.75) is 25.3 Å². The second kappa shape index (κ2) is 5.57. The molecule has 6 nitrogen and oxygen atoms in total. The molecule has 0 atom stereocenters. The first-order chi connectivity index (χ1) is 8.69. The third-order valence-corrected chi connectivity index (χ3v) is 2.68. The Kier molecular flexibility index (Phi) is 3.86. The Balaban J connectivity index is 1.76. The van der Waals surface area contributed by atoms with Gasteiger partial charge in [-0.15, -0.1) is 0 Å². The number of hydrogen-bond acceptors (Lipinski definition) is 5. The summed E-state index contributed by atoms with van der Waals surface area (Å²) < 4.78 is 5.02. The van der Waals surface area contributed by atoms with E-state index < -0.39 is 0 Å². The Morgan fingerprint density at radius 2 is 2.33 bits per heavy atom. The first-order valence-electron chi connectivity index (χ1n) is 6.03. The van der Waals surface area contributed by atoms with Crippen molar-refractivity contribution in [1.29, 1.82) is 0 Å². The normalized spacial score (nSPS) is 14.1. The second-order valence-corrected chi connectivity index (χ2v) is 4.31. The molecule has 2 rings (SSSR count). The van der Waals surface area contributed by atoms with Crippen LogP contribution >= 0.6 is 0 Å². The zero-order chi connectivity index (χ0) is 13.0. The number of nitrogens with zero attached hydrogens (tertiary/aromatic N) is 1. The lowest BCUT2D eigenvalue weighted by molar-refractivity contribution is -0.120. The van der Waals surface area contributed by atoms with Gasteiger partial charge >= 0.3 is 0 Å². The van der Waals surface area contributed by atoms with Crippen molar-refractivity contribution >= 4 is 17.4 Å². The summed E-state index contributed by atoms with van der Waals surface area (Å²) >= 11 is 0. The van der Waals surface area contributed by atoms with Crippen molar-refractivity contribution in [3.8, 4) is 5.88 Å². The predicted octanol–water partition coefficient (Wildman–Crippen LogP) is 0.753. The molecule has 1 aliphatic rings. The SMILES string of the molecule is COc1nc(NCCC(=O)NC2CC2)ccc1N. The fourth-order valence-electron chi connectivity index (χ4n) is 1.54. The van der Waals surface area contributed by atoms with Crippen molar-refractivity contribution in [2.75, 3.05) is 24.7 Å². The molecule has 0 aliphatic heterocycles. The minimum atomic E-state index is 0.0763. The average molecular weight is 250 g/mol. The summed E-state index contributed by atoms with van der Waals surface area (Å²) in [7, 11) is 1.52. The third-order valence-electron chi connectivity index (χ3n) is 2.68. The van der Waals surface area contributed by atoms with Crippen LogP contribution < -0.4 is 21.1 Å². The number of carbonyl (C=O) groups excluding carboxylic acids is 1. The molecule has 1 aliphatic carbocycles. The molecular formula is C12H18N4O2. The van der Waals surface area contributed by atoms with Gasteiger partial charge in [-0.1, -0.05) is 0 Å². The van der Waals surface area contributed by atoms with Crippen molar-refractivity contribution in [1.82, 2.24) is 10.3 Å². The largest absolute Gasteiger partial charge is 0.479 e. The van der Waals surface area contributed by atoms with Crippen LogP contribution in [0.25, 0.3) is 0 Å². The van der Waals surface area contributed by atoms with Gasteiger partial charge in [-0.3, -0.25) is 4.79 Å². The number of aromatic nitrogens is 1. The van der Waals surface area contributed by atoms with Crippen LogP contribution in [-0.2, 0) is 4.79 Å². The van der Waals surface area contributed by atoms with Crippen LogP contribution in [0.1, 0.15) is 19.3 Å². The van der Waals surface area contributed by atoms with Crippen LogP contribution in [-0.4, -0.2) is 30.6 Å². The van der Waals surface area contributed by atoms with Gasteiger partial charge in [0.15, 0.2) is 0 Å². The number of methoxy groups -OCH3 is 1. The summed E-state index contributed by atoms with van der Waals surface area (Å²) in [5.74, 6) is 1.12. The van der Waals surface area contributed by atoms with Gasteiger partial charge in [0.1, 0.15) is 5.82 Å². The van der Waals surface area contributed by atoms with E-state index in [1.165, 1.54) is 7.11 Å². The van der Waals surface area contributed by atoms with Gasteiger partial charge in [-0.2, -0.15) is 4.98 Å². The molecule has 0 spiro atoms. The molecule has 18 heavy (non-hydrogen) atoms. The van der Waals surface area contributed by atoms with E-state index in [0.717, 1.165) is 12.8 Å². The molecule has 1 fully saturated rings. The smallest absolute Gasteiger partial charge is 0.238 e. The highest BCUT2D eigenvalue weighted by Gasteiger charge is 2.22. The number of nitrogens with two attached hydrogens (primary N) is 1. The summed E-state index contributed by atoms with van der Waals surface area (Å²) in [6, 6.07) is 3.89. The average Bonchev–Trinajstić information content (AvgIpc) is 3.15. The Labute approximate surface area is 106 Å². The number of ether oxygens (including phenoxy) is 1. The molecule has 0 unspecified atom stereocenters. The number of carbonyl (C=O) groups is 1. The number of anilines is 2. The van der Waals surface area contributed by atoms with E-state index >= 15 is 0 Å². The van der Waals surface area contributed by atoms with Gasteiger partial charge in [-0.25, -0.2) is 0 Å². The molecule has 1 heterocycles. The van der Waals surface area contributed by atoms with E-state index in [0.29, 0.717) is 36.4 Å². The number of amides is 1. The molecule has 1 aromatic rings. The summed E-state index contributed by atoms with van der Waals surface area (Å²) in [6.45, 7) is 0.540. The standard InChI is InChI=1S/C12H18N4O2/c1-18-12-9(13)4-5-10(16-12)14-7-6-11(17)15-8-2-3-8/h4-5,8H,2-3,6-7,13H2,1H3,(H,14,16)(H,15,17). The van der Waals surface area contributed by atoms with Crippen LogP contribution in [0.2, 0.25) is 0 Å². The first-order valence-corrected chi connectivity index (χ1v) is 6.03. The minimum Gasteiger partial charge on any atom is -0.479 e. The molecule has 1 aromatic heterocycles. The minimum absolute atomic E-state index is 0.0763. The third kappa shape index (κ3) is 3.51. The Hall–Kier alpha value is -1.98. The number of nitrogens with one attached hydrogen (secondary N) is 2. The van der Waals surface area contributed by atoms with E-state index in [4.69, 9.17) is 10.5 Å². The number of pyridine rings is 1. The van der Waals surface area contributed by atoms with E-state index in [-0.39, 0.29) is 5.91 Å². The fourth-order valence-corrected chi connectivity index (χ4v) is 1.54. The number of nitrogen functional groups attached to an aromatic ring is 1. The topological polar surface area (TPSA) is 89.3 Å². The zero-order valence-corrected chi connectivity index (χ0v) is 10.4. The van der Waals surface area contributed by atoms with Gasteiger partial charge in [0, 0.05) is 19.0 Å².